The molecule has 1 aliphatic heterocycles. The minimum Gasteiger partial charge on any atom is -0.609 e. The largest absolute Gasteiger partial charge is 0.609 e. The molecule has 0 aromatic carbocycles. The highest BCUT2D eigenvalue weighted by Crippen LogP contribution is 2.44. The molecule has 3 aromatic heterocycles. The third kappa shape index (κ3) is 5.02. The van der Waals surface area contributed by atoms with Gasteiger partial charge in [-0.05, 0) is 33.3 Å². The topological polar surface area (TPSA) is 139 Å². The molecule has 0 spiro atoms. The van der Waals surface area contributed by atoms with Crippen LogP contribution in [0, 0.1) is 12.8 Å². The molecule has 2 aliphatic rings. The van der Waals surface area contributed by atoms with E-state index in [1.807, 2.05) is 26.8 Å². The summed E-state index contributed by atoms with van der Waals surface area (Å²) in [5, 5.41) is 4.41. The van der Waals surface area contributed by atoms with E-state index in [0.717, 1.165) is 10.2 Å². The smallest absolute Gasteiger partial charge is 0.344 e. The number of aromatic nitrogens is 4. The number of anilines is 1. The number of thiazole rings is 1. The fourth-order valence-electron chi connectivity index (χ4n) is 4.88. The average Bonchev–Trinajstić information content (AvgIpc) is 3.38. The quantitative estimate of drug-likeness (QED) is 0.368. The molecule has 0 radical (unpaired) electrons. The van der Waals surface area contributed by atoms with E-state index < -0.39 is 26.8 Å². The summed E-state index contributed by atoms with van der Waals surface area (Å²) in [5.41, 5.74) is 2.12. The van der Waals surface area contributed by atoms with E-state index in [-0.39, 0.29) is 35.1 Å². The summed E-state index contributed by atoms with van der Waals surface area (Å²) in [5.74, 6) is -0.552. The van der Waals surface area contributed by atoms with E-state index in [1.54, 1.807) is 12.4 Å². The van der Waals surface area contributed by atoms with Crippen molar-refractivity contribution in [3.05, 3.63) is 24.2 Å². The van der Waals surface area contributed by atoms with Gasteiger partial charge >= 0.3 is 5.16 Å². The number of aryl methyl sites for hydroxylation is 1. The van der Waals surface area contributed by atoms with Crippen LogP contribution in [0.25, 0.3) is 20.8 Å². The van der Waals surface area contributed by atoms with Crippen molar-refractivity contribution >= 4 is 48.4 Å². The number of sulfone groups is 1. The molecular formula is C22H27N5O5S3. The van der Waals surface area contributed by atoms with Crippen molar-refractivity contribution in [2.24, 2.45) is 5.92 Å². The standard InChI is InChI=1S/C22H27N5O5S3/c1-11-16(20-26-14-9-23-7-6-15(14)33-20)19(27-21(24-11)34(4)28)25-13-8-12(10-35(5,29)30)17-18(13)32-22(2,3)31-17/h6-7,9,12-13,17-18H,8,10H2,1-5H3,(H,24,25,27)/t12-,13-,17-,18+,34?/m1/s1. The predicted octanol–water partition coefficient (Wildman–Crippen LogP) is 2.56. The minimum absolute atomic E-state index is 0.0105. The molecule has 10 nitrogen and oxygen atoms in total. The molecule has 1 unspecified atom stereocenters. The highest BCUT2D eigenvalue weighted by Gasteiger charge is 2.54. The fraction of sp³-hybridized carbons (Fsp3) is 0.545. The summed E-state index contributed by atoms with van der Waals surface area (Å²) >= 11 is 0.102. The number of hydrogen-bond donors (Lipinski definition) is 1. The molecule has 35 heavy (non-hydrogen) atoms. The van der Waals surface area contributed by atoms with Crippen molar-refractivity contribution in [3.8, 4) is 10.6 Å². The summed E-state index contributed by atoms with van der Waals surface area (Å²) in [6.07, 6.45) is 5.99. The van der Waals surface area contributed by atoms with E-state index in [2.05, 4.69) is 20.3 Å². The van der Waals surface area contributed by atoms with Crippen molar-refractivity contribution < 1.29 is 22.4 Å². The van der Waals surface area contributed by atoms with Gasteiger partial charge in [0.1, 0.15) is 38.5 Å². The molecule has 1 aliphatic carbocycles. The van der Waals surface area contributed by atoms with E-state index in [0.29, 0.717) is 28.5 Å². The monoisotopic (exact) mass is 537 g/mol. The summed E-state index contributed by atoms with van der Waals surface area (Å²) in [7, 11) is -3.21. The van der Waals surface area contributed by atoms with E-state index in [1.165, 1.54) is 23.8 Å². The van der Waals surface area contributed by atoms with Crippen LogP contribution in [0.2, 0.25) is 0 Å². The van der Waals surface area contributed by atoms with Crippen LogP contribution in [0.15, 0.2) is 23.6 Å². The molecule has 0 amide bonds. The molecule has 2 fully saturated rings. The third-order valence-corrected chi connectivity index (χ3v) is 8.94. The van der Waals surface area contributed by atoms with Gasteiger partial charge in [0, 0.05) is 29.5 Å². The lowest BCUT2D eigenvalue weighted by Gasteiger charge is -2.25. The van der Waals surface area contributed by atoms with Gasteiger partial charge in [-0.3, -0.25) is 4.98 Å². The van der Waals surface area contributed by atoms with Crippen molar-refractivity contribution in [2.75, 3.05) is 23.6 Å². The zero-order valence-electron chi connectivity index (χ0n) is 20.0. The Bertz CT molecular complexity index is 1340. The first kappa shape index (κ1) is 24.8. The molecule has 5 rings (SSSR count). The highest BCUT2D eigenvalue weighted by molar-refractivity contribution is 7.90. The molecular weight excluding hydrogens is 510 g/mol. The Kier molecular flexibility index (Phi) is 6.29. The van der Waals surface area contributed by atoms with E-state index >= 15 is 0 Å². The molecule has 13 heteroatoms. The maximum atomic E-state index is 12.3. The first-order chi connectivity index (χ1) is 16.4. The third-order valence-electron chi connectivity index (χ3n) is 6.15. The maximum Gasteiger partial charge on any atom is 0.344 e. The second-order valence-corrected chi connectivity index (χ2v) is 14.0. The van der Waals surface area contributed by atoms with Gasteiger partial charge < -0.3 is 19.3 Å². The maximum absolute atomic E-state index is 12.3. The number of pyridine rings is 1. The van der Waals surface area contributed by atoms with Crippen molar-refractivity contribution in [1.29, 1.82) is 0 Å². The molecule has 5 atom stereocenters. The molecule has 0 bridgehead atoms. The van der Waals surface area contributed by atoms with Gasteiger partial charge in [0.05, 0.1) is 40.1 Å². The fourth-order valence-corrected chi connectivity index (χ4v) is 7.50. The zero-order valence-corrected chi connectivity index (χ0v) is 22.5. The minimum atomic E-state index is -3.21. The number of fused-ring (bicyclic) bond motifs is 2. The van der Waals surface area contributed by atoms with Crippen LogP contribution in [0.4, 0.5) is 5.82 Å². The second kappa shape index (κ2) is 8.89. The zero-order chi connectivity index (χ0) is 25.1. The lowest BCUT2D eigenvalue weighted by Crippen LogP contribution is -2.35. The Morgan fingerprint density at radius 2 is 2.00 bits per heavy atom. The van der Waals surface area contributed by atoms with Gasteiger partial charge in [0.25, 0.3) is 0 Å². The number of nitrogens with one attached hydrogen (secondary N) is 1. The number of hydrogen-bond acceptors (Lipinski definition) is 11. The van der Waals surface area contributed by atoms with E-state index in [4.69, 9.17) is 14.5 Å². The SMILES string of the molecule is Cc1nc([S+](C)[O-])nc(N[C@@H]2C[C@H](CS(C)(=O)=O)[C@H]3OC(C)(C)O[C@H]32)c1-c1nc2cnccc2s1. The first-order valence-corrected chi connectivity index (χ1v) is 15.6. The summed E-state index contributed by atoms with van der Waals surface area (Å²) < 4.78 is 49.8. The van der Waals surface area contributed by atoms with Crippen LogP contribution < -0.4 is 5.32 Å². The Balaban J connectivity index is 1.56. The molecule has 3 aromatic rings. The molecule has 1 saturated carbocycles. The van der Waals surface area contributed by atoms with Crippen LogP contribution in [-0.2, 0) is 30.5 Å². The Morgan fingerprint density at radius 1 is 1.26 bits per heavy atom. The van der Waals surface area contributed by atoms with Gasteiger partial charge in [-0.25, -0.2) is 13.4 Å². The van der Waals surface area contributed by atoms with Gasteiger partial charge in [0.2, 0.25) is 0 Å². The number of ether oxygens (including phenoxy) is 2. The van der Waals surface area contributed by atoms with Gasteiger partial charge in [-0.1, -0.05) is 0 Å². The predicted molar refractivity (Wildman–Crippen MR) is 135 cm³/mol. The van der Waals surface area contributed by atoms with Crippen molar-refractivity contribution in [1.82, 2.24) is 19.9 Å². The van der Waals surface area contributed by atoms with Gasteiger partial charge in [-0.15, -0.1) is 11.3 Å². The molecule has 4 heterocycles. The van der Waals surface area contributed by atoms with Crippen molar-refractivity contribution in [2.45, 2.75) is 56.4 Å². The van der Waals surface area contributed by atoms with Gasteiger partial charge in [-0.2, -0.15) is 9.97 Å². The Morgan fingerprint density at radius 3 is 2.69 bits per heavy atom. The molecule has 188 valence electrons. The lowest BCUT2D eigenvalue weighted by molar-refractivity contribution is -0.156. The van der Waals surface area contributed by atoms with Crippen LogP contribution in [0.3, 0.4) is 0 Å². The lowest BCUT2D eigenvalue weighted by atomic mass is 10.1. The van der Waals surface area contributed by atoms with Crippen molar-refractivity contribution in [3.63, 3.8) is 0 Å². The number of rotatable bonds is 6. The second-order valence-electron chi connectivity index (χ2n) is 9.54. The van der Waals surface area contributed by atoms with Crippen LogP contribution in [-0.4, -0.2) is 75.2 Å². The normalized spacial score (nSPS) is 26.7. The van der Waals surface area contributed by atoms with Gasteiger partial charge in [0.15, 0.2) is 5.79 Å². The van der Waals surface area contributed by atoms with Crippen LogP contribution in [0.5, 0.6) is 0 Å². The molecule has 1 saturated heterocycles. The first-order valence-electron chi connectivity index (χ1n) is 11.1. The summed E-state index contributed by atoms with van der Waals surface area (Å²) in [4.78, 5) is 18.0. The Labute approximate surface area is 211 Å². The van der Waals surface area contributed by atoms with Crippen LogP contribution in [0.1, 0.15) is 26.0 Å². The highest BCUT2D eigenvalue weighted by atomic mass is 32.2. The summed E-state index contributed by atoms with van der Waals surface area (Å²) in [6.45, 7) is 5.49. The van der Waals surface area contributed by atoms with E-state index in [9.17, 15) is 13.0 Å². The Hall–Kier alpha value is -1.90. The van der Waals surface area contributed by atoms with Crippen LogP contribution >= 0.6 is 11.3 Å². The number of nitrogens with zero attached hydrogens (tertiary/aromatic N) is 4. The molecule has 1 N–H and O–H groups in total. The average molecular weight is 538 g/mol. The summed E-state index contributed by atoms with van der Waals surface area (Å²) in [6, 6.07) is 1.63.